The molecule has 0 aliphatic carbocycles. The Hall–Kier alpha value is -3.08. The summed E-state index contributed by atoms with van der Waals surface area (Å²) in [6, 6.07) is -1.54. The fourth-order valence-electron chi connectivity index (χ4n) is 4.91. The molecular weight excluding hydrogens is 709 g/mol. The molecule has 0 aromatic carbocycles. The van der Waals surface area contributed by atoms with E-state index in [-0.39, 0.29) is 6.42 Å². The Labute approximate surface area is 325 Å². The van der Waals surface area contributed by atoms with Gasteiger partial charge in [-0.1, -0.05) is 145 Å². The molecule has 12 heteroatoms. The number of carboxylic acids is 1. The van der Waals surface area contributed by atoms with Gasteiger partial charge in [-0.25, -0.2) is 9.36 Å². The van der Waals surface area contributed by atoms with Gasteiger partial charge in [0.1, 0.15) is 12.6 Å². The largest absolute Gasteiger partial charge is 0.480 e. The van der Waals surface area contributed by atoms with E-state index in [0.717, 1.165) is 51.4 Å². The first kappa shape index (κ1) is 50.9. The average Bonchev–Trinajstić information content (AvgIpc) is 3.14. The summed E-state index contributed by atoms with van der Waals surface area (Å²) in [6.45, 7) is 2.50. The molecule has 0 radical (unpaired) electrons. The third-order valence-electron chi connectivity index (χ3n) is 8.04. The number of carbonyl (C=O) groups excluding carboxylic acids is 2. The minimum Gasteiger partial charge on any atom is -0.480 e. The summed E-state index contributed by atoms with van der Waals surface area (Å²) in [4.78, 5) is 45.7. The van der Waals surface area contributed by atoms with Gasteiger partial charge in [-0.15, -0.1) is 0 Å². The van der Waals surface area contributed by atoms with E-state index in [2.05, 4.69) is 67.0 Å². The van der Waals surface area contributed by atoms with Crippen LogP contribution in [0.2, 0.25) is 0 Å². The van der Waals surface area contributed by atoms with Crippen LogP contribution in [0.25, 0.3) is 0 Å². The molecule has 1 unspecified atom stereocenters. The standard InChI is InChI=1S/C42H70NO10P/c1-3-5-7-9-11-13-15-17-19-21-23-25-27-29-31-33-40(44)50-35-38(36-51-54(48,49)52-37-39(43)42(46)47)53-41(45)34-32-30-28-26-24-22-20-18-16-14-12-10-8-6-4-2/h6,8,12,14,18,20,24,26-27,29,31,33,38-39H,3-5,7,9-11,13,15-17,19,21-23,25,28,30,32,34-37,43H2,1-2H3,(H,46,47)(H,48,49)/b8-6+,14-12+,20-18+,26-24+,29-27+,33-31+/t38-,39+/m1/s1. The second-order valence-corrected chi connectivity index (χ2v) is 14.6. The number of allylic oxidation sites excluding steroid dienone is 11. The van der Waals surface area contributed by atoms with Crippen LogP contribution in [0.1, 0.15) is 142 Å². The average molecular weight is 780 g/mol. The minimum atomic E-state index is -4.75. The number of nitrogens with two attached hydrogens (primary N) is 1. The molecule has 0 aromatic rings. The van der Waals surface area contributed by atoms with Crippen LogP contribution in [0.4, 0.5) is 0 Å². The van der Waals surface area contributed by atoms with E-state index in [0.29, 0.717) is 6.42 Å². The van der Waals surface area contributed by atoms with Crippen molar-refractivity contribution in [1.29, 1.82) is 0 Å². The summed E-state index contributed by atoms with van der Waals surface area (Å²) < 4.78 is 32.4. The van der Waals surface area contributed by atoms with Gasteiger partial charge in [-0.05, 0) is 57.8 Å². The van der Waals surface area contributed by atoms with Gasteiger partial charge < -0.3 is 25.2 Å². The van der Waals surface area contributed by atoms with E-state index >= 15 is 0 Å². The van der Waals surface area contributed by atoms with Crippen LogP contribution in [0.15, 0.2) is 72.9 Å². The normalized spacial score (nSPS) is 14.6. The number of aliphatic carboxylic acids is 1. The maximum atomic E-state index is 12.6. The van der Waals surface area contributed by atoms with Crippen LogP contribution < -0.4 is 5.73 Å². The van der Waals surface area contributed by atoms with Gasteiger partial charge in [0.2, 0.25) is 0 Å². The molecule has 0 amide bonds. The molecule has 11 nitrogen and oxygen atoms in total. The summed E-state index contributed by atoms with van der Waals surface area (Å²) in [5, 5.41) is 8.86. The molecule has 0 aromatic heterocycles. The van der Waals surface area contributed by atoms with Crippen LogP contribution >= 0.6 is 7.82 Å². The number of unbranched alkanes of at least 4 members (excludes halogenated alkanes) is 13. The molecule has 0 aliphatic heterocycles. The maximum absolute atomic E-state index is 12.6. The first-order chi connectivity index (χ1) is 26.1. The third kappa shape index (κ3) is 35.9. The molecule has 4 N–H and O–H groups in total. The van der Waals surface area contributed by atoms with E-state index in [1.54, 1.807) is 12.2 Å². The van der Waals surface area contributed by atoms with E-state index in [1.165, 1.54) is 70.3 Å². The molecule has 54 heavy (non-hydrogen) atoms. The number of ether oxygens (including phenoxy) is 2. The van der Waals surface area contributed by atoms with Gasteiger partial charge in [0.15, 0.2) is 6.10 Å². The molecule has 0 saturated carbocycles. The van der Waals surface area contributed by atoms with Crippen LogP contribution in [0, 0.1) is 0 Å². The van der Waals surface area contributed by atoms with Gasteiger partial charge in [0.25, 0.3) is 0 Å². The second-order valence-electron chi connectivity index (χ2n) is 13.1. The zero-order valence-electron chi connectivity index (χ0n) is 33.0. The lowest BCUT2D eigenvalue weighted by Crippen LogP contribution is -2.34. The summed E-state index contributed by atoms with van der Waals surface area (Å²) in [5.74, 6) is -2.70. The summed E-state index contributed by atoms with van der Waals surface area (Å²) in [7, 11) is -4.75. The zero-order chi connectivity index (χ0) is 40.0. The number of hydrogen-bond donors (Lipinski definition) is 3. The summed E-state index contributed by atoms with van der Waals surface area (Å²) in [6.07, 6.45) is 43.3. The van der Waals surface area contributed by atoms with Crippen molar-refractivity contribution in [2.45, 2.75) is 154 Å². The van der Waals surface area contributed by atoms with Crippen molar-refractivity contribution in [2.75, 3.05) is 19.8 Å². The fourth-order valence-corrected chi connectivity index (χ4v) is 5.69. The number of phosphoric ester groups is 1. The predicted molar refractivity (Wildman–Crippen MR) is 217 cm³/mol. The molecule has 0 aliphatic rings. The topological polar surface area (TPSA) is 172 Å². The van der Waals surface area contributed by atoms with Gasteiger partial charge in [-0.2, -0.15) is 0 Å². The Morgan fingerprint density at radius 3 is 1.76 bits per heavy atom. The smallest absolute Gasteiger partial charge is 0.472 e. The number of phosphoric acid groups is 1. The molecule has 3 atom stereocenters. The zero-order valence-corrected chi connectivity index (χ0v) is 33.9. The predicted octanol–water partition coefficient (Wildman–Crippen LogP) is 10.2. The third-order valence-corrected chi connectivity index (χ3v) is 8.99. The van der Waals surface area contributed by atoms with E-state index < -0.39 is 57.7 Å². The Bertz CT molecular complexity index is 1190. The highest BCUT2D eigenvalue weighted by Gasteiger charge is 2.28. The highest BCUT2D eigenvalue weighted by Crippen LogP contribution is 2.43. The van der Waals surface area contributed by atoms with Crippen LogP contribution in [0.3, 0.4) is 0 Å². The number of carbonyl (C=O) groups is 3. The van der Waals surface area contributed by atoms with Crippen LogP contribution in [-0.4, -0.2) is 59.9 Å². The minimum absolute atomic E-state index is 0.0859. The Morgan fingerprint density at radius 2 is 1.17 bits per heavy atom. The molecule has 0 bridgehead atoms. The Morgan fingerprint density at radius 1 is 0.648 bits per heavy atom. The number of rotatable bonds is 36. The van der Waals surface area contributed by atoms with Gasteiger partial charge >= 0.3 is 25.7 Å². The second kappa shape index (κ2) is 36.9. The van der Waals surface area contributed by atoms with E-state index in [1.807, 2.05) is 6.08 Å². The quantitative estimate of drug-likeness (QED) is 0.0138. The first-order valence-corrected chi connectivity index (χ1v) is 21.5. The Kier molecular flexibility index (Phi) is 34.8. The number of esters is 2. The fraction of sp³-hybridized carbons (Fsp3) is 0.643. The van der Waals surface area contributed by atoms with Crippen molar-refractivity contribution in [2.24, 2.45) is 5.73 Å². The lowest BCUT2D eigenvalue weighted by atomic mass is 10.1. The van der Waals surface area contributed by atoms with Crippen LogP contribution in [-0.2, 0) is 37.5 Å². The van der Waals surface area contributed by atoms with Gasteiger partial charge in [0.05, 0.1) is 13.2 Å². The molecular formula is C42H70NO10P. The van der Waals surface area contributed by atoms with Crippen molar-refractivity contribution in [3.8, 4) is 0 Å². The summed E-state index contributed by atoms with van der Waals surface area (Å²) in [5.41, 5.74) is 5.31. The highest BCUT2D eigenvalue weighted by atomic mass is 31.2. The molecule has 0 fully saturated rings. The number of hydrogen-bond acceptors (Lipinski definition) is 9. The van der Waals surface area contributed by atoms with Crippen molar-refractivity contribution >= 4 is 25.7 Å². The SMILES string of the molecule is CC/C=C/C/C=C/C/C=C/C/C=C/CCCCC(=O)O[C@H](COC(=O)/C=C/C=C/CCCCCCCCCCCCC)COP(=O)(O)OC[C@H](N)C(=O)O. The monoisotopic (exact) mass is 779 g/mol. The van der Waals surface area contributed by atoms with Gasteiger partial charge in [-0.3, -0.25) is 18.6 Å². The lowest BCUT2D eigenvalue weighted by Gasteiger charge is -2.20. The van der Waals surface area contributed by atoms with Crippen molar-refractivity contribution in [3.05, 3.63) is 72.9 Å². The number of carboxylic acid groups (broad SMARTS) is 1. The maximum Gasteiger partial charge on any atom is 0.472 e. The van der Waals surface area contributed by atoms with Crippen LogP contribution in [0.5, 0.6) is 0 Å². The highest BCUT2D eigenvalue weighted by molar-refractivity contribution is 7.47. The van der Waals surface area contributed by atoms with Crippen molar-refractivity contribution in [1.82, 2.24) is 0 Å². The molecule has 308 valence electrons. The first-order valence-electron chi connectivity index (χ1n) is 20.0. The van der Waals surface area contributed by atoms with Crippen molar-refractivity contribution < 1.29 is 47.5 Å². The molecule has 0 spiro atoms. The Balaban J connectivity index is 4.61. The lowest BCUT2D eigenvalue weighted by molar-refractivity contribution is -0.159. The molecule has 0 saturated heterocycles. The van der Waals surface area contributed by atoms with Gasteiger partial charge in [0, 0.05) is 12.5 Å². The molecule has 0 rings (SSSR count). The summed E-state index contributed by atoms with van der Waals surface area (Å²) >= 11 is 0. The van der Waals surface area contributed by atoms with Crippen molar-refractivity contribution in [3.63, 3.8) is 0 Å². The molecule has 0 heterocycles. The van der Waals surface area contributed by atoms with E-state index in [4.69, 9.17) is 24.8 Å². The van der Waals surface area contributed by atoms with E-state index in [9.17, 15) is 23.8 Å².